The van der Waals surface area contributed by atoms with Crippen molar-refractivity contribution in [3.05, 3.63) is 28.2 Å². The van der Waals surface area contributed by atoms with Crippen LogP contribution in [0.1, 0.15) is 51.7 Å². The van der Waals surface area contributed by atoms with Gasteiger partial charge in [0, 0.05) is 23.2 Å². The molecule has 1 atom stereocenters. The van der Waals surface area contributed by atoms with Crippen molar-refractivity contribution >= 4 is 21.6 Å². The zero-order valence-electron chi connectivity index (χ0n) is 12.1. The van der Waals surface area contributed by atoms with Gasteiger partial charge in [-0.1, -0.05) is 35.8 Å². The average Bonchev–Trinajstić information content (AvgIpc) is 2.83. The number of aliphatic hydroxyl groups excluding tert-OH is 1. The first-order valence-electron chi connectivity index (χ1n) is 7.24. The molecule has 0 unspecified atom stereocenters. The van der Waals surface area contributed by atoms with Crippen molar-refractivity contribution in [3.8, 4) is 0 Å². The number of hydrogen-bond donors (Lipinski definition) is 1. The van der Waals surface area contributed by atoms with E-state index in [4.69, 9.17) is 0 Å². The highest BCUT2D eigenvalue weighted by atomic mass is 79.9. The Balaban J connectivity index is 2.18. The molecule has 0 saturated carbocycles. The van der Waals surface area contributed by atoms with Gasteiger partial charge in [0.25, 0.3) is 0 Å². The Morgan fingerprint density at radius 3 is 2.53 bits per heavy atom. The van der Waals surface area contributed by atoms with Crippen LogP contribution >= 0.6 is 15.9 Å². The van der Waals surface area contributed by atoms with Crippen molar-refractivity contribution in [2.45, 2.75) is 46.1 Å². The molecule has 1 aliphatic heterocycles. The van der Waals surface area contributed by atoms with E-state index in [1.165, 1.54) is 24.9 Å². The summed E-state index contributed by atoms with van der Waals surface area (Å²) in [5.74, 6) is 0. The molecule has 1 N–H and O–H groups in total. The lowest BCUT2D eigenvalue weighted by atomic mass is 9.82. The predicted molar refractivity (Wildman–Crippen MR) is 84.6 cm³/mol. The number of nitrogens with zero attached hydrogens (tertiary/aromatic N) is 1. The summed E-state index contributed by atoms with van der Waals surface area (Å²) in [5, 5.41) is 9.68. The Kier molecular flexibility index (Phi) is 4.57. The Morgan fingerprint density at radius 1 is 1.37 bits per heavy atom. The van der Waals surface area contributed by atoms with Gasteiger partial charge in [-0.2, -0.15) is 0 Å². The molecule has 2 nitrogen and oxygen atoms in total. The topological polar surface area (TPSA) is 23.5 Å². The number of anilines is 1. The lowest BCUT2D eigenvalue weighted by Gasteiger charge is -2.27. The molecular formula is C16H24BrNO. The van der Waals surface area contributed by atoms with Crippen LogP contribution in [0.25, 0.3) is 0 Å². The van der Waals surface area contributed by atoms with Gasteiger partial charge < -0.3 is 10.0 Å². The number of rotatable bonds is 4. The van der Waals surface area contributed by atoms with E-state index in [0.717, 1.165) is 23.1 Å². The van der Waals surface area contributed by atoms with Gasteiger partial charge in [-0.3, -0.25) is 0 Å². The first-order valence-corrected chi connectivity index (χ1v) is 8.03. The molecule has 0 spiro atoms. The highest BCUT2D eigenvalue weighted by molar-refractivity contribution is 9.10. The molecule has 19 heavy (non-hydrogen) atoms. The summed E-state index contributed by atoms with van der Waals surface area (Å²) < 4.78 is 1.01. The lowest BCUT2D eigenvalue weighted by molar-refractivity contribution is 0.198. The fourth-order valence-electron chi connectivity index (χ4n) is 3.03. The van der Waals surface area contributed by atoms with Crippen molar-refractivity contribution < 1.29 is 5.11 Å². The van der Waals surface area contributed by atoms with E-state index < -0.39 is 6.10 Å². The second kappa shape index (κ2) is 5.84. The molecule has 106 valence electrons. The largest absolute Gasteiger partial charge is 0.389 e. The van der Waals surface area contributed by atoms with Crippen LogP contribution in [0.3, 0.4) is 0 Å². The number of benzene rings is 1. The predicted octanol–water partition coefficient (Wildman–Crippen LogP) is 4.52. The Bertz CT molecular complexity index is 440. The van der Waals surface area contributed by atoms with Crippen LogP contribution in [-0.2, 0) is 0 Å². The summed E-state index contributed by atoms with van der Waals surface area (Å²) in [6, 6.07) is 6.31. The third kappa shape index (κ3) is 2.97. The van der Waals surface area contributed by atoms with Crippen molar-refractivity contribution in [3.63, 3.8) is 0 Å². The van der Waals surface area contributed by atoms with Gasteiger partial charge in [0.2, 0.25) is 0 Å². The molecule has 1 fully saturated rings. The number of hydrogen-bond acceptors (Lipinski definition) is 2. The molecule has 0 amide bonds. The molecule has 0 radical (unpaired) electrons. The second-order valence-electron chi connectivity index (χ2n) is 5.76. The zero-order valence-corrected chi connectivity index (χ0v) is 13.7. The first-order chi connectivity index (χ1) is 9.01. The van der Waals surface area contributed by atoms with Gasteiger partial charge in [-0.25, -0.2) is 0 Å². The van der Waals surface area contributed by atoms with E-state index in [0.29, 0.717) is 5.41 Å². The Hall–Kier alpha value is -0.540. The van der Waals surface area contributed by atoms with Crippen LogP contribution in [0.2, 0.25) is 0 Å². The fraction of sp³-hybridized carbons (Fsp3) is 0.625. The monoisotopic (exact) mass is 325 g/mol. The molecule has 3 heteroatoms. The van der Waals surface area contributed by atoms with E-state index in [-0.39, 0.29) is 0 Å². The van der Waals surface area contributed by atoms with Crippen LogP contribution < -0.4 is 4.90 Å². The van der Waals surface area contributed by atoms with Crippen molar-refractivity contribution in [2.75, 3.05) is 18.0 Å². The summed E-state index contributed by atoms with van der Waals surface area (Å²) in [7, 11) is 0. The molecule has 1 saturated heterocycles. The van der Waals surface area contributed by atoms with E-state index in [1.54, 1.807) is 6.92 Å². The van der Waals surface area contributed by atoms with Gasteiger partial charge >= 0.3 is 0 Å². The average molecular weight is 326 g/mol. The second-order valence-corrected chi connectivity index (χ2v) is 6.61. The van der Waals surface area contributed by atoms with E-state index in [2.05, 4.69) is 46.8 Å². The van der Waals surface area contributed by atoms with Gasteiger partial charge in [0.15, 0.2) is 0 Å². The lowest BCUT2D eigenvalue weighted by Crippen LogP contribution is -2.26. The minimum atomic E-state index is -0.424. The first kappa shape index (κ1) is 14.9. The standard InChI is InChI=1S/C16H24BrNO/c1-4-16(5-2)8-9-18(11-16)13-6-7-14(12(3)19)15(17)10-13/h6-7,10,12,19H,4-5,8-9,11H2,1-3H3/t12-/m0/s1. The number of aliphatic hydroxyl groups is 1. The third-order valence-corrected chi connectivity index (χ3v) is 5.42. The zero-order chi connectivity index (χ0) is 14.0. The van der Waals surface area contributed by atoms with Crippen LogP contribution in [0.4, 0.5) is 5.69 Å². The molecule has 0 aliphatic carbocycles. The van der Waals surface area contributed by atoms with Crippen LogP contribution in [0.5, 0.6) is 0 Å². The highest BCUT2D eigenvalue weighted by Crippen LogP contribution is 2.40. The van der Waals surface area contributed by atoms with Crippen LogP contribution in [0, 0.1) is 5.41 Å². The normalized spacial score (nSPS) is 19.7. The SMILES string of the molecule is CCC1(CC)CCN(c2ccc([C@H](C)O)c(Br)c2)C1. The van der Waals surface area contributed by atoms with Crippen molar-refractivity contribution in [1.29, 1.82) is 0 Å². The molecule has 1 heterocycles. The van der Waals surface area contributed by atoms with E-state index >= 15 is 0 Å². The molecular weight excluding hydrogens is 302 g/mol. The summed E-state index contributed by atoms with van der Waals surface area (Å²) in [6.07, 6.45) is 3.38. The smallest absolute Gasteiger partial charge is 0.0772 e. The van der Waals surface area contributed by atoms with Gasteiger partial charge in [-0.15, -0.1) is 0 Å². The molecule has 0 bridgehead atoms. The van der Waals surface area contributed by atoms with Crippen LogP contribution in [0.15, 0.2) is 22.7 Å². The van der Waals surface area contributed by atoms with Crippen molar-refractivity contribution in [2.24, 2.45) is 5.41 Å². The third-order valence-electron chi connectivity index (χ3n) is 4.74. The Morgan fingerprint density at radius 2 is 2.05 bits per heavy atom. The maximum absolute atomic E-state index is 9.68. The van der Waals surface area contributed by atoms with Crippen molar-refractivity contribution in [1.82, 2.24) is 0 Å². The maximum Gasteiger partial charge on any atom is 0.0772 e. The summed E-state index contributed by atoms with van der Waals surface area (Å²) in [5.41, 5.74) is 2.72. The summed E-state index contributed by atoms with van der Waals surface area (Å²) >= 11 is 3.57. The van der Waals surface area contributed by atoms with Gasteiger partial charge in [-0.05, 0) is 49.3 Å². The van der Waals surface area contributed by atoms with E-state index in [9.17, 15) is 5.11 Å². The fourth-order valence-corrected chi connectivity index (χ4v) is 3.73. The molecule has 2 rings (SSSR count). The molecule has 1 aromatic carbocycles. The quantitative estimate of drug-likeness (QED) is 0.879. The number of halogens is 1. The minimum Gasteiger partial charge on any atom is -0.389 e. The maximum atomic E-state index is 9.68. The molecule has 1 aliphatic rings. The minimum absolute atomic E-state index is 0.424. The van der Waals surface area contributed by atoms with E-state index in [1.807, 2.05) is 6.07 Å². The highest BCUT2D eigenvalue weighted by Gasteiger charge is 2.35. The van der Waals surface area contributed by atoms with Crippen LogP contribution in [-0.4, -0.2) is 18.2 Å². The van der Waals surface area contributed by atoms with Gasteiger partial charge in [0.05, 0.1) is 6.10 Å². The summed E-state index contributed by atoms with van der Waals surface area (Å²) in [4.78, 5) is 2.48. The summed E-state index contributed by atoms with van der Waals surface area (Å²) in [6.45, 7) is 8.70. The molecule has 0 aromatic heterocycles. The Labute approximate surface area is 124 Å². The molecule has 1 aromatic rings. The van der Waals surface area contributed by atoms with Gasteiger partial charge in [0.1, 0.15) is 0 Å².